The number of terminal acetylenes is 1. The zero-order chi connectivity index (χ0) is 12.0. The third-order valence-corrected chi connectivity index (χ3v) is 2.42. The molecule has 0 fully saturated rings. The molecular formula is C13H16NO2+. The standard InChI is InChI=1S/C13H16NO2/c1-4-5-6-10-16-13(15)12-8-7-9-14(2,3)11-12/h1,8H,7,9-11H2,2-3H3/q+1. The van der Waals surface area contributed by atoms with Gasteiger partial charge in [0.05, 0.1) is 26.2 Å². The van der Waals surface area contributed by atoms with Crippen LogP contribution in [0.15, 0.2) is 11.6 Å². The molecule has 1 aliphatic rings. The Hall–Kier alpha value is -1.71. The van der Waals surface area contributed by atoms with Crippen molar-refractivity contribution >= 4 is 5.97 Å². The summed E-state index contributed by atoms with van der Waals surface area (Å²) < 4.78 is 5.81. The van der Waals surface area contributed by atoms with E-state index in [9.17, 15) is 4.79 Å². The van der Waals surface area contributed by atoms with Crippen LogP contribution in [0.5, 0.6) is 0 Å². The molecule has 0 saturated heterocycles. The van der Waals surface area contributed by atoms with Gasteiger partial charge in [0, 0.05) is 6.42 Å². The number of quaternary nitrogens is 1. The van der Waals surface area contributed by atoms with Gasteiger partial charge in [-0.2, -0.15) is 0 Å². The minimum atomic E-state index is -0.280. The van der Waals surface area contributed by atoms with Gasteiger partial charge in [-0.1, -0.05) is 6.08 Å². The van der Waals surface area contributed by atoms with Crippen LogP contribution in [-0.4, -0.2) is 44.2 Å². The summed E-state index contributed by atoms with van der Waals surface area (Å²) in [6.07, 6.45) is 7.80. The fourth-order valence-corrected chi connectivity index (χ4v) is 1.62. The SMILES string of the molecule is C#CC#CCOC(=O)C1=CCC[N+](C)(C)C1. The van der Waals surface area contributed by atoms with Gasteiger partial charge in [-0.15, -0.1) is 6.42 Å². The molecule has 3 heteroatoms. The second-order valence-electron chi connectivity index (χ2n) is 4.36. The molecule has 0 aromatic carbocycles. The maximum absolute atomic E-state index is 11.6. The van der Waals surface area contributed by atoms with Crippen LogP contribution in [0.3, 0.4) is 0 Å². The quantitative estimate of drug-likeness (QED) is 0.385. The Balaban J connectivity index is 2.49. The van der Waals surface area contributed by atoms with Crippen LogP contribution in [0, 0.1) is 24.2 Å². The molecule has 0 aromatic heterocycles. The predicted octanol–water partition coefficient (Wildman–Crippen LogP) is 0.573. The molecule has 0 spiro atoms. The summed E-state index contributed by atoms with van der Waals surface area (Å²) in [4.78, 5) is 11.6. The van der Waals surface area contributed by atoms with Gasteiger partial charge in [-0.25, -0.2) is 4.79 Å². The van der Waals surface area contributed by atoms with Crippen LogP contribution in [0.4, 0.5) is 0 Å². The molecule has 1 rings (SSSR count). The van der Waals surface area contributed by atoms with E-state index in [2.05, 4.69) is 31.9 Å². The molecule has 0 unspecified atom stereocenters. The second kappa shape index (κ2) is 5.39. The smallest absolute Gasteiger partial charge is 0.340 e. The number of hydrogen-bond donors (Lipinski definition) is 0. The van der Waals surface area contributed by atoms with Crippen LogP contribution in [0.2, 0.25) is 0 Å². The van der Waals surface area contributed by atoms with E-state index >= 15 is 0 Å². The van der Waals surface area contributed by atoms with Gasteiger partial charge in [0.1, 0.15) is 6.54 Å². The maximum Gasteiger partial charge on any atom is 0.340 e. The number of carbonyl (C=O) groups is 1. The van der Waals surface area contributed by atoms with Crippen molar-refractivity contribution in [1.29, 1.82) is 0 Å². The molecule has 0 saturated carbocycles. The number of nitrogens with zero attached hydrogens (tertiary/aromatic N) is 1. The normalized spacial score (nSPS) is 17.4. The molecule has 1 heterocycles. The number of esters is 1. The minimum Gasteiger partial charge on any atom is -0.449 e. The van der Waals surface area contributed by atoms with Crippen molar-refractivity contribution in [3.05, 3.63) is 11.6 Å². The van der Waals surface area contributed by atoms with E-state index in [0.717, 1.165) is 23.0 Å². The van der Waals surface area contributed by atoms with Crippen molar-refractivity contribution in [2.45, 2.75) is 6.42 Å². The molecule has 0 bridgehead atoms. The molecule has 84 valence electrons. The first-order valence-corrected chi connectivity index (χ1v) is 5.17. The Morgan fingerprint density at radius 2 is 2.38 bits per heavy atom. The Morgan fingerprint density at radius 1 is 1.62 bits per heavy atom. The largest absolute Gasteiger partial charge is 0.449 e. The topological polar surface area (TPSA) is 26.3 Å². The highest BCUT2D eigenvalue weighted by Gasteiger charge is 2.25. The Morgan fingerprint density at radius 3 is 3.00 bits per heavy atom. The van der Waals surface area contributed by atoms with Gasteiger partial charge < -0.3 is 9.22 Å². The van der Waals surface area contributed by atoms with Crippen molar-refractivity contribution in [2.75, 3.05) is 33.8 Å². The van der Waals surface area contributed by atoms with Crippen molar-refractivity contribution < 1.29 is 14.0 Å². The van der Waals surface area contributed by atoms with Gasteiger partial charge in [0.25, 0.3) is 0 Å². The lowest BCUT2D eigenvalue weighted by atomic mass is 10.1. The lowest BCUT2D eigenvalue weighted by Crippen LogP contribution is -2.45. The minimum absolute atomic E-state index is 0.0633. The van der Waals surface area contributed by atoms with Gasteiger partial charge in [0.15, 0.2) is 6.61 Å². The molecule has 0 N–H and O–H groups in total. The average Bonchev–Trinajstić information content (AvgIpc) is 2.22. The summed E-state index contributed by atoms with van der Waals surface area (Å²) in [6, 6.07) is 0. The first-order valence-electron chi connectivity index (χ1n) is 5.17. The predicted molar refractivity (Wildman–Crippen MR) is 62.1 cm³/mol. The van der Waals surface area contributed by atoms with Crippen molar-refractivity contribution in [1.82, 2.24) is 0 Å². The second-order valence-corrected chi connectivity index (χ2v) is 4.36. The number of hydrogen-bond acceptors (Lipinski definition) is 2. The fourth-order valence-electron chi connectivity index (χ4n) is 1.62. The van der Waals surface area contributed by atoms with E-state index in [0.29, 0.717) is 6.54 Å². The Kier molecular flexibility index (Phi) is 4.17. The summed E-state index contributed by atoms with van der Waals surface area (Å²) >= 11 is 0. The number of rotatable bonds is 2. The molecule has 0 radical (unpaired) electrons. The van der Waals surface area contributed by atoms with Crippen molar-refractivity contribution in [3.63, 3.8) is 0 Å². The monoisotopic (exact) mass is 218 g/mol. The van der Waals surface area contributed by atoms with E-state index in [-0.39, 0.29) is 12.6 Å². The van der Waals surface area contributed by atoms with Gasteiger partial charge in [0.2, 0.25) is 0 Å². The Bertz CT molecular complexity index is 402. The molecule has 1 aliphatic heterocycles. The summed E-state index contributed by atoms with van der Waals surface area (Å²) in [6.45, 7) is 1.82. The lowest BCUT2D eigenvalue weighted by molar-refractivity contribution is -0.886. The summed E-state index contributed by atoms with van der Waals surface area (Å²) in [7, 11) is 4.19. The molecule has 3 nitrogen and oxygen atoms in total. The van der Waals surface area contributed by atoms with Crippen molar-refractivity contribution in [2.24, 2.45) is 0 Å². The van der Waals surface area contributed by atoms with Gasteiger partial charge in [-0.3, -0.25) is 0 Å². The van der Waals surface area contributed by atoms with E-state index in [1.165, 1.54) is 0 Å². The molecule has 0 amide bonds. The molecule has 0 aromatic rings. The molecule has 16 heavy (non-hydrogen) atoms. The number of likely N-dealkylation sites (N-methyl/N-ethyl adjacent to an activating group) is 1. The van der Waals surface area contributed by atoms with Crippen LogP contribution in [-0.2, 0) is 9.53 Å². The molecule has 0 atom stereocenters. The van der Waals surface area contributed by atoms with Crippen molar-refractivity contribution in [3.8, 4) is 24.2 Å². The van der Waals surface area contributed by atoms with Crippen LogP contribution in [0.25, 0.3) is 0 Å². The highest BCUT2D eigenvalue weighted by molar-refractivity contribution is 5.88. The average molecular weight is 218 g/mol. The van der Waals surface area contributed by atoms with Gasteiger partial charge in [-0.05, 0) is 17.8 Å². The molecule has 0 aliphatic carbocycles. The molecular weight excluding hydrogens is 202 g/mol. The summed E-state index contributed by atoms with van der Waals surface area (Å²) in [5.74, 6) is 6.85. The maximum atomic E-state index is 11.6. The first-order chi connectivity index (χ1) is 7.55. The highest BCUT2D eigenvalue weighted by Crippen LogP contribution is 2.14. The van der Waals surface area contributed by atoms with Crippen LogP contribution in [0.1, 0.15) is 6.42 Å². The third kappa shape index (κ3) is 3.81. The zero-order valence-corrected chi connectivity index (χ0v) is 9.75. The van der Waals surface area contributed by atoms with E-state index < -0.39 is 0 Å². The van der Waals surface area contributed by atoms with E-state index in [1.807, 2.05) is 6.08 Å². The van der Waals surface area contributed by atoms with Gasteiger partial charge >= 0.3 is 5.97 Å². The number of carbonyl (C=O) groups excluding carboxylic acids is 1. The summed E-state index contributed by atoms with van der Waals surface area (Å²) in [5.41, 5.74) is 0.735. The van der Waals surface area contributed by atoms with E-state index in [1.54, 1.807) is 0 Å². The lowest BCUT2D eigenvalue weighted by Gasteiger charge is -2.32. The zero-order valence-electron chi connectivity index (χ0n) is 9.75. The highest BCUT2D eigenvalue weighted by atomic mass is 16.5. The summed E-state index contributed by atoms with van der Waals surface area (Å²) in [5, 5.41) is 0. The Labute approximate surface area is 96.7 Å². The third-order valence-electron chi connectivity index (χ3n) is 2.42. The van der Waals surface area contributed by atoms with Crippen LogP contribution < -0.4 is 0 Å². The fraction of sp³-hybridized carbons (Fsp3) is 0.462. The van der Waals surface area contributed by atoms with E-state index in [4.69, 9.17) is 11.2 Å². The first kappa shape index (κ1) is 12.4. The van der Waals surface area contributed by atoms with Crippen LogP contribution >= 0.6 is 0 Å². The number of ether oxygens (including phenoxy) is 1.